The summed E-state index contributed by atoms with van der Waals surface area (Å²) in [5.41, 5.74) is 6.39. The zero-order valence-corrected chi connectivity index (χ0v) is 15.9. The summed E-state index contributed by atoms with van der Waals surface area (Å²) in [6, 6.07) is 24.0. The van der Waals surface area contributed by atoms with Crippen molar-refractivity contribution in [1.29, 1.82) is 0 Å². The van der Waals surface area contributed by atoms with Gasteiger partial charge in [0, 0.05) is 29.9 Å². The van der Waals surface area contributed by atoms with E-state index in [4.69, 9.17) is 16.6 Å². The van der Waals surface area contributed by atoms with Gasteiger partial charge in [0.05, 0.1) is 11.4 Å². The molecule has 0 aliphatic rings. The monoisotopic (exact) mass is 385 g/mol. The molecule has 5 nitrogen and oxygen atoms in total. The summed E-state index contributed by atoms with van der Waals surface area (Å²) in [6.45, 7) is 0. The van der Waals surface area contributed by atoms with Crippen LogP contribution in [-0.4, -0.2) is 24.4 Å². The predicted octanol–water partition coefficient (Wildman–Crippen LogP) is 5.12. The molecule has 0 N–H and O–H groups in total. The number of imidazole rings is 1. The fourth-order valence-electron chi connectivity index (χ4n) is 3.47. The highest BCUT2D eigenvalue weighted by atomic mass is 35.5. The van der Waals surface area contributed by atoms with Gasteiger partial charge in [-0.15, -0.1) is 0 Å². The minimum atomic E-state index is 0.401. The van der Waals surface area contributed by atoms with E-state index in [2.05, 4.69) is 34.5 Å². The summed E-state index contributed by atoms with van der Waals surface area (Å²) < 4.78 is 3.65. The topological polar surface area (TPSA) is 48.0 Å². The van der Waals surface area contributed by atoms with Crippen LogP contribution in [0.1, 0.15) is 0 Å². The van der Waals surface area contributed by atoms with Gasteiger partial charge in [-0.05, 0) is 12.1 Å². The molecule has 0 saturated heterocycles. The molecule has 0 saturated carbocycles. The predicted molar refractivity (Wildman–Crippen MR) is 111 cm³/mol. The van der Waals surface area contributed by atoms with E-state index in [1.807, 2.05) is 64.8 Å². The largest absolute Gasteiger partial charge is 0.268 e. The lowest BCUT2D eigenvalue weighted by Gasteiger charge is -2.07. The molecular weight excluding hydrogens is 370 g/mol. The quantitative estimate of drug-likeness (QED) is 0.433. The second-order valence-corrected chi connectivity index (χ2v) is 6.88. The third-order valence-corrected chi connectivity index (χ3v) is 4.93. The molecule has 2 aromatic carbocycles. The van der Waals surface area contributed by atoms with Crippen LogP contribution in [0.2, 0.25) is 5.15 Å². The molecule has 0 aliphatic carbocycles. The Kier molecular flexibility index (Phi) is 3.95. The Morgan fingerprint density at radius 1 is 0.857 bits per heavy atom. The van der Waals surface area contributed by atoms with Gasteiger partial charge in [0.15, 0.2) is 10.8 Å². The number of rotatable bonds is 3. The van der Waals surface area contributed by atoms with E-state index < -0.39 is 0 Å². The highest BCUT2D eigenvalue weighted by Crippen LogP contribution is 2.36. The molecule has 28 heavy (non-hydrogen) atoms. The molecule has 0 atom stereocenters. The van der Waals surface area contributed by atoms with E-state index in [1.54, 1.807) is 6.20 Å². The van der Waals surface area contributed by atoms with Crippen LogP contribution in [0.4, 0.5) is 0 Å². The summed E-state index contributed by atoms with van der Waals surface area (Å²) in [7, 11) is 1.90. The van der Waals surface area contributed by atoms with Gasteiger partial charge in [-0.1, -0.05) is 72.3 Å². The molecule has 3 aromatic heterocycles. The van der Waals surface area contributed by atoms with E-state index in [1.165, 1.54) is 0 Å². The van der Waals surface area contributed by atoms with Crippen LogP contribution in [0, 0.1) is 0 Å². The van der Waals surface area contributed by atoms with Gasteiger partial charge < -0.3 is 0 Å². The standard InChI is InChI=1S/C22H16ClN5/c1-27-18(12-13-24-27)17-14-19(23)26-28-21(16-10-6-3-7-11-16)20(25-22(17)28)15-8-4-2-5-9-15/h2-14H,1H3. The van der Waals surface area contributed by atoms with Gasteiger partial charge in [-0.2, -0.15) is 10.2 Å². The van der Waals surface area contributed by atoms with E-state index in [0.29, 0.717) is 5.15 Å². The molecule has 0 amide bonds. The van der Waals surface area contributed by atoms with Crippen molar-refractivity contribution < 1.29 is 0 Å². The number of nitrogens with zero attached hydrogens (tertiary/aromatic N) is 5. The van der Waals surface area contributed by atoms with Crippen molar-refractivity contribution in [3.63, 3.8) is 0 Å². The van der Waals surface area contributed by atoms with Gasteiger partial charge in [-0.25, -0.2) is 9.50 Å². The van der Waals surface area contributed by atoms with E-state index >= 15 is 0 Å². The minimum absolute atomic E-state index is 0.401. The summed E-state index contributed by atoms with van der Waals surface area (Å²) in [4.78, 5) is 5.00. The summed E-state index contributed by atoms with van der Waals surface area (Å²) in [5.74, 6) is 0. The molecule has 3 heterocycles. The molecule has 0 bridgehead atoms. The maximum Gasteiger partial charge on any atom is 0.164 e. The molecule has 5 aromatic rings. The van der Waals surface area contributed by atoms with Crippen molar-refractivity contribution in [2.45, 2.75) is 0 Å². The average Bonchev–Trinajstić information content (AvgIpc) is 3.32. The molecule has 0 radical (unpaired) electrons. The summed E-state index contributed by atoms with van der Waals surface area (Å²) in [6.07, 6.45) is 1.76. The second kappa shape index (κ2) is 6.62. The first-order valence-electron chi connectivity index (χ1n) is 8.91. The first-order valence-corrected chi connectivity index (χ1v) is 9.28. The van der Waals surface area contributed by atoms with Crippen molar-refractivity contribution in [3.05, 3.63) is 84.1 Å². The van der Waals surface area contributed by atoms with Gasteiger partial charge in [0.25, 0.3) is 0 Å². The number of fused-ring (bicyclic) bond motifs is 1. The van der Waals surface area contributed by atoms with Crippen molar-refractivity contribution in [1.82, 2.24) is 24.4 Å². The van der Waals surface area contributed by atoms with Crippen molar-refractivity contribution in [3.8, 4) is 33.8 Å². The Morgan fingerprint density at radius 3 is 2.18 bits per heavy atom. The van der Waals surface area contributed by atoms with Gasteiger partial charge in [0.1, 0.15) is 5.69 Å². The number of aryl methyl sites for hydroxylation is 1. The number of halogens is 1. The number of aromatic nitrogens is 5. The summed E-state index contributed by atoms with van der Waals surface area (Å²) >= 11 is 6.42. The number of benzene rings is 2. The van der Waals surface area contributed by atoms with Crippen LogP contribution in [0.3, 0.4) is 0 Å². The summed E-state index contributed by atoms with van der Waals surface area (Å²) in [5, 5.41) is 9.28. The minimum Gasteiger partial charge on any atom is -0.268 e. The molecule has 0 spiro atoms. The first-order chi connectivity index (χ1) is 13.7. The maximum atomic E-state index is 6.42. The normalized spacial score (nSPS) is 11.2. The average molecular weight is 386 g/mol. The van der Waals surface area contributed by atoms with Gasteiger partial charge >= 0.3 is 0 Å². The lowest BCUT2D eigenvalue weighted by atomic mass is 10.1. The zero-order chi connectivity index (χ0) is 19.1. The molecular formula is C22H16ClN5. The molecule has 5 rings (SSSR count). The Bertz CT molecular complexity index is 1270. The SMILES string of the molecule is Cn1nccc1-c1cc(Cl)nn2c(-c3ccccc3)c(-c3ccccc3)nc12. The van der Waals surface area contributed by atoms with E-state index in [0.717, 1.165) is 39.4 Å². The number of hydrogen-bond donors (Lipinski definition) is 0. The maximum absolute atomic E-state index is 6.42. The smallest absolute Gasteiger partial charge is 0.164 e. The third-order valence-electron chi connectivity index (χ3n) is 4.75. The molecule has 136 valence electrons. The Balaban J connectivity index is 1.91. The van der Waals surface area contributed by atoms with Crippen LogP contribution in [0.25, 0.3) is 39.4 Å². The zero-order valence-electron chi connectivity index (χ0n) is 15.1. The third kappa shape index (κ3) is 2.68. The fourth-order valence-corrected chi connectivity index (χ4v) is 3.66. The van der Waals surface area contributed by atoms with Gasteiger partial charge in [0.2, 0.25) is 0 Å². The highest BCUT2D eigenvalue weighted by molar-refractivity contribution is 6.29. The molecule has 0 aliphatic heterocycles. The van der Waals surface area contributed by atoms with E-state index in [-0.39, 0.29) is 0 Å². The van der Waals surface area contributed by atoms with Crippen molar-refractivity contribution >= 4 is 17.2 Å². The van der Waals surface area contributed by atoms with Crippen LogP contribution >= 0.6 is 11.6 Å². The lowest BCUT2D eigenvalue weighted by Crippen LogP contribution is -2.00. The van der Waals surface area contributed by atoms with Crippen molar-refractivity contribution in [2.24, 2.45) is 7.05 Å². The van der Waals surface area contributed by atoms with Crippen LogP contribution in [0.5, 0.6) is 0 Å². The van der Waals surface area contributed by atoms with E-state index in [9.17, 15) is 0 Å². The Morgan fingerprint density at radius 2 is 1.54 bits per heavy atom. The molecule has 0 unspecified atom stereocenters. The van der Waals surface area contributed by atoms with Crippen LogP contribution in [-0.2, 0) is 7.05 Å². The van der Waals surface area contributed by atoms with Crippen molar-refractivity contribution in [2.75, 3.05) is 0 Å². The fraction of sp³-hybridized carbons (Fsp3) is 0.0455. The Labute approximate surface area is 166 Å². The second-order valence-electron chi connectivity index (χ2n) is 6.50. The lowest BCUT2D eigenvalue weighted by molar-refractivity contribution is 0.775. The first kappa shape index (κ1) is 16.7. The Hall–Kier alpha value is -3.44. The highest BCUT2D eigenvalue weighted by Gasteiger charge is 2.21. The van der Waals surface area contributed by atoms with Crippen LogP contribution in [0.15, 0.2) is 79.0 Å². The molecule has 0 fully saturated rings. The number of hydrogen-bond acceptors (Lipinski definition) is 3. The van der Waals surface area contributed by atoms with Gasteiger partial charge in [-0.3, -0.25) is 4.68 Å². The van der Waals surface area contributed by atoms with Crippen LogP contribution < -0.4 is 0 Å². The molecule has 6 heteroatoms.